The van der Waals surface area contributed by atoms with Crippen LogP contribution in [0.15, 0.2) is 53.5 Å². The van der Waals surface area contributed by atoms with E-state index in [0.29, 0.717) is 36.6 Å². The summed E-state index contributed by atoms with van der Waals surface area (Å²) in [5.41, 5.74) is 2.94. The first-order chi connectivity index (χ1) is 12.2. The highest BCUT2D eigenvalue weighted by molar-refractivity contribution is 5.49. The molecule has 0 spiro atoms. The Morgan fingerprint density at radius 3 is 2.80 bits per heavy atom. The summed E-state index contributed by atoms with van der Waals surface area (Å²) in [6.07, 6.45) is 2.38. The van der Waals surface area contributed by atoms with Crippen molar-refractivity contribution in [1.82, 2.24) is 19.9 Å². The predicted molar refractivity (Wildman–Crippen MR) is 94.0 cm³/mol. The molecule has 0 radical (unpaired) electrons. The first kappa shape index (κ1) is 15.5. The van der Waals surface area contributed by atoms with Gasteiger partial charge in [-0.05, 0) is 18.2 Å². The fourth-order valence-corrected chi connectivity index (χ4v) is 3.13. The van der Waals surface area contributed by atoms with Crippen molar-refractivity contribution in [2.24, 2.45) is 0 Å². The quantitative estimate of drug-likeness (QED) is 0.766. The minimum Gasteiger partial charge on any atom is -0.508 e. The Balaban J connectivity index is 1.60. The number of rotatable bonds is 3. The van der Waals surface area contributed by atoms with Gasteiger partial charge in [-0.25, -0.2) is 4.98 Å². The number of nitrogens with zero attached hydrogens (tertiary/aromatic N) is 3. The van der Waals surface area contributed by atoms with Gasteiger partial charge in [-0.15, -0.1) is 0 Å². The summed E-state index contributed by atoms with van der Waals surface area (Å²) in [6.45, 7) is 1.92. The highest BCUT2D eigenvalue weighted by Crippen LogP contribution is 2.22. The fraction of sp³-hybridized carbons (Fsp3) is 0.211. The zero-order chi connectivity index (χ0) is 17.2. The molecule has 0 bridgehead atoms. The molecular weight excluding hydrogens is 316 g/mol. The van der Waals surface area contributed by atoms with Crippen LogP contribution in [0.25, 0.3) is 11.5 Å². The number of phenols is 1. The molecule has 2 N–H and O–H groups in total. The van der Waals surface area contributed by atoms with E-state index in [1.807, 2.05) is 30.3 Å². The third-order valence-electron chi connectivity index (χ3n) is 4.44. The van der Waals surface area contributed by atoms with Gasteiger partial charge in [0, 0.05) is 37.8 Å². The summed E-state index contributed by atoms with van der Waals surface area (Å²) in [6, 6.07) is 12.8. The molecule has 4 rings (SSSR count). The Hall–Kier alpha value is -2.99. The Morgan fingerprint density at radius 2 is 2.00 bits per heavy atom. The SMILES string of the molecule is O=c1[nH]c(-c2ccccn2)nc2c1CN(Cc1ccccc1O)CC2. The van der Waals surface area contributed by atoms with E-state index >= 15 is 0 Å². The molecular formula is C19H18N4O2. The van der Waals surface area contributed by atoms with Gasteiger partial charge in [-0.1, -0.05) is 24.3 Å². The maximum absolute atomic E-state index is 12.5. The summed E-state index contributed by atoms with van der Waals surface area (Å²) in [5.74, 6) is 0.796. The number of nitrogens with one attached hydrogen (secondary N) is 1. The van der Waals surface area contributed by atoms with Gasteiger partial charge in [-0.3, -0.25) is 14.7 Å². The third kappa shape index (κ3) is 3.16. The minimum atomic E-state index is -0.118. The topological polar surface area (TPSA) is 82.1 Å². The lowest BCUT2D eigenvalue weighted by Gasteiger charge is -2.27. The summed E-state index contributed by atoms with van der Waals surface area (Å²) >= 11 is 0. The van der Waals surface area contributed by atoms with Crippen LogP contribution >= 0.6 is 0 Å². The molecule has 0 aliphatic carbocycles. The van der Waals surface area contributed by atoms with Crippen LogP contribution in [-0.4, -0.2) is 31.5 Å². The Morgan fingerprint density at radius 1 is 1.16 bits per heavy atom. The number of para-hydroxylation sites is 1. The van der Waals surface area contributed by atoms with Gasteiger partial charge >= 0.3 is 0 Å². The van der Waals surface area contributed by atoms with Crippen molar-refractivity contribution in [1.29, 1.82) is 0 Å². The van der Waals surface area contributed by atoms with Crippen molar-refractivity contribution in [3.63, 3.8) is 0 Å². The molecule has 6 heteroatoms. The molecule has 3 heterocycles. The van der Waals surface area contributed by atoms with E-state index in [-0.39, 0.29) is 11.3 Å². The van der Waals surface area contributed by atoms with Gasteiger partial charge in [-0.2, -0.15) is 0 Å². The predicted octanol–water partition coefficient (Wildman–Crippen LogP) is 2.10. The fourth-order valence-electron chi connectivity index (χ4n) is 3.13. The van der Waals surface area contributed by atoms with Gasteiger partial charge < -0.3 is 10.1 Å². The van der Waals surface area contributed by atoms with E-state index in [0.717, 1.165) is 17.8 Å². The number of hydrogen-bond acceptors (Lipinski definition) is 5. The number of hydrogen-bond donors (Lipinski definition) is 2. The Labute approximate surface area is 144 Å². The average Bonchev–Trinajstić information content (AvgIpc) is 2.65. The molecule has 2 aromatic heterocycles. The number of phenolic OH excluding ortho intramolecular Hbond substituents is 1. The van der Waals surface area contributed by atoms with Crippen molar-refractivity contribution in [2.75, 3.05) is 6.54 Å². The summed E-state index contributed by atoms with van der Waals surface area (Å²) in [4.78, 5) is 26.4. The van der Waals surface area contributed by atoms with Crippen molar-refractivity contribution in [2.45, 2.75) is 19.5 Å². The van der Waals surface area contributed by atoms with Crippen LogP contribution in [0.2, 0.25) is 0 Å². The van der Waals surface area contributed by atoms with Gasteiger partial charge in [0.25, 0.3) is 5.56 Å². The van der Waals surface area contributed by atoms with E-state index in [9.17, 15) is 9.90 Å². The molecule has 1 aromatic carbocycles. The number of pyridine rings is 1. The molecule has 0 fully saturated rings. The van der Waals surface area contributed by atoms with Crippen molar-refractivity contribution < 1.29 is 5.11 Å². The van der Waals surface area contributed by atoms with Crippen LogP contribution in [0.5, 0.6) is 5.75 Å². The minimum absolute atomic E-state index is 0.118. The van der Waals surface area contributed by atoms with Crippen molar-refractivity contribution in [3.05, 3.63) is 75.8 Å². The number of aromatic hydroxyl groups is 1. The van der Waals surface area contributed by atoms with Gasteiger partial charge in [0.1, 0.15) is 11.4 Å². The number of H-pyrrole nitrogens is 1. The standard InChI is InChI=1S/C19H18N4O2/c24-17-7-2-1-5-13(17)11-23-10-8-15-14(12-23)19(25)22-18(21-15)16-6-3-4-9-20-16/h1-7,9,24H,8,10-12H2,(H,21,22,25). The van der Waals surface area contributed by atoms with Crippen molar-refractivity contribution >= 4 is 0 Å². The zero-order valence-corrected chi connectivity index (χ0v) is 13.6. The van der Waals surface area contributed by atoms with Gasteiger partial charge in [0.2, 0.25) is 0 Å². The van der Waals surface area contributed by atoms with E-state index in [1.165, 1.54) is 0 Å². The Bertz CT molecular complexity index is 953. The largest absolute Gasteiger partial charge is 0.508 e. The highest BCUT2D eigenvalue weighted by atomic mass is 16.3. The summed E-state index contributed by atoms with van der Waals surface area (Å²) < 4.78 is 0. The van der Waals surface area contributed by atoms with E-state index in [4.69, 9.17) is 0 Å². The van der Waals surface area contributed by atoms with E-state index in [2.05, 4.69) is 19.9 Å². The van der Waals surface area contributed by atoms with Gasteiger partial charge in [0.05, 0.1) is 11.3 Å². The van der Waals surface area contributed by atoms with Crippen LogP contribution in [0, 0.1) is 0 Å². The molecule has 0 saturated carbocycles. The lowest BCUT2D eigenvalue weighted by atomic mass is 10.1. The van der Waals surface area contributed by atoms with E-state index < -0.39 is 0 Å². The molecule has 3 aromatic rings. The number of aromatic amines is 1. The highest BCUT2D eigenvalue weighted by Gasteiger charge is 2.22. The first-order valence-corrected chi connectivity index (χ1v) is 8.23. The monoisotopic (exact) mass is 334 g/mol. The molecule has 0 unspecified atom stereocenters. The van der Waals surface area contributed by atoms with Crippen LogP contribution in [0.1, 0.15) is 16.8 Å². The molecule has 6 nitrogen and oxygen atoms in total. The second-order valence-corrected chi connectivity index (χ2v) is 6.14. The zero-order valence-electron chi connectivity index (χ0n) is 13.6. The first-order valence-electron chi connectivity index (χ1n) is 8.23. The lowest BCUT2D eigenvalue weighted by Crippen LogP contribution is -2.35. The molecule has 126 valence electrons. The number of fused-ring (bicyclic) bond motifs is 1. The molecule has 0 saturated heterocycles. The normalized spacial score (nSPS) is 14.2. The van der Waals surface area contributed by atoms with Crippen molar-refractivity contribution in [3.8, 4) is 17.3 Å². The van der Waals surface area contributed by atoms with Gasteiger partial charge in [0.15, 0.2) is 5.82 Å². The number of benzene rings is 1. The number of aromatic nitrogens is 3. The molecule has 1 aliphatic rings. The maximum atomic E-state index is 12.5. The molecule has 1 aliphatic heterocycles. The molecule has 0 atom stereocenters. The molecule has 0 amide bonds. The van der Waals surface area contributed by atoms with Crippen LogP contribution in [-0.2, 0) is 19.5 Å². The third-order valence-corrected chi connectivity index (χ3v) is 4.44. The Kier molecular flexibility index (Phi) is 4.03. The van der Waals surface area contributed by atoms with Crippen LogP contribution in [0.4, 0.5) is 0 Å². The molecule has 25 heavy (non-hydrogen) atoms. The van der Waals surface area contributed by atoms with Crippen LogP contribution < -0.4 is 5.56 Å². The van der Waals surface area contributed by atoms with Crippen LogP contribution in [0.3, 0.4) is 0 Å². The lowest BCUT2D eigenvalue weighted by molar-refractivity contribution is 0.239. The summed E-state index contributed by atoms with van der Waals surface area (Å²) in [7, 11) is 0. The summed E-state index contributed by atoms with van der Waals surface area (Å²) in [5, 5.41) is 9.94. The maximum Gasteiger partial charge on any atom is 0.255 e. The second kappa shape index (κ2) is 6.49. The van der Waals surface area contributed by atoms with E-state index in [1.54, 1.807) is 18.3 Å². The smallest absolute Gasteiger partial charge is 0.255 e. The average molecular weight is 334 g/mol. The second-order valence-electron chi connectivity index (χ2n) is 6.14.